The van der Waals surface area contributed by atoms with Crippen molar-refractivity contribution in [2.45, 2.75) is 20.0 Å². The van der Waals surface area contributed by atoms with Crippen LogP contribution in [0.15, 0.2) is 18.2 Å². The maximum Gasteiger partial charge on any atom is 0.330 e. The highest BCUT2D eigenvalue weighted by molar-refractivity contribution is 6.30. The molecule has 7 nitrogen and oxygen atoms in total. The second-order valence-corrected chi connectivity index (χ2v) is 4.62. The molecule has 0 bridgehead atoms. The number of ether oxygens (including phenoxy) is 2. The van der Waals surface area contributed by atoms with Gasteiger partial charge in [0.25, 0.3) is 0 Å². The molecule has 1 heterocycles. The van der Waals surface area contributed by atoms with Crippen molar-refractivity contribution in [1.82, 2.24) is 15.0 Å². The molecule has 2 aromatic rings. The minimum atomic E-state index is -0.548. The predicted molar refractivity (Wildman–Crippen MR) is 74.9 cm³/mol. The predicted octanol–water partition coefficient (Wildman–Crippen LogP) is 2.53. The van der Waals surface area contributed by atoms with Gasteiger partial charge in [0.15, 0.2) is 0 Å². The molecule has 9 heteroatoms. The largest absolute Gasteiger partial charge is 0.461 e. The van der Waals surface area contributed by atoms with E-state index in [4.69, 9.17) is 26.9 Å². The number of rotatable bonds is 5. The highest BCUT2D eigenvalue weighted by Crippen LogP contribution is 2.25. The van der Waals surface area contributed by atoms with E-state index in [0.717, 1.165) is 0 Å². The van der Waals surface area contributed by atoms with Gasteiger partial charge >= 0.3 is 12.0 Å². The maximum atomic E-state index is 13.1. The number of nitrogens with one attached hydrogen (secondary N) is 1. The lowest BCUT2D eigenvalue weighted by Gasteiger charge is -2.10. The number of hydrogen-bond acceptors (Lipinski definition) is 7. The summed E-state index contributed by atoms with van der Waals surface area (Å²) in [4.78, 5) is 11.8. The molecule has 0 radical (unpaired) electrons. The van der Waals surface area contributed by atoms with Gasteiger partial charge in [-0.1, -0.05) is 11.6 Å². The highest BCUT2D eigenvalue weighted by atomic mass is 35.5. The number of benzene rings is 1. The van der Waals surface area contributed by atoms with E-state index in [1.807, 2.05) is 13.8 Å². The third kappa shape index (κ3) is 4.14. The number of hydrogen-bond donors (Lipinski definition) is 2. The Morgan fingerprint density at radius 1 is 1.24 bits per heavy atom. The van der Waals surface area contributed by atoms with Crippen LogP contribution in [0.25, 0.3) is 0 Å². The van der Waals surface area contributed by atoms with Gasteiger partial charge in [-0.2, -0.15) is 9.97 Å². The fourth-order valence-electron chi connectivity index (χ4n) is 1.36. The van der Waals surface area contributed by atoms with E-state index in [1.54, 1.807) is 0 Å². The topological polar surface area (TPSA) is 95.2 Å². The molecule has 0 spiro atoms. The average molecular weight is 314 g/mol. The first-order chi connectivity index (χ1) is 9.97. The Morgan fingerprint density at radius 2 is 1.95 bits per heavy atom. The summed E-state index contributed by atoms with van der Waals surface area (Å²) in [5.74, 6) is 5.07. The Morgan fingerprint density at radius 3 is 2.57 bits per heavy atom. The summed E-state index contributed by atoms with van der Waals surface area (Å²) in [5, 5.41) is -0.0719. The minimum Gasteiger partial charge on any atom is -0.461 e. The Kier molecular flexibility index (Phi) is 4.71. The van der Waals surface area contributed by atoms with Crippen molar-refractivity contribution in [2.75, 3.05) is 5.43 Å². The van der Waals surface area contributed by atoms with Crippen molar-refractivity contribution in [3.05, 3.63) is 29.0 Å². The highest BCUT2D eigenvalue weighted by Gasteiger charge is 2.11. The molecule has 0 saturated carbocycles. The smallest absolute Gasteiger partial charge is 0.330 e. The summed E-state index contributed by atoms with van der Waals surface area (Å²) in [6, 6.07) is 3.86. The van der Waals surface area contributed by atoms with E-state index in [9.17, 15) is 4.39 Å². The van der Waals surface area contributed by atoms with Crippen LogP contribution in [0.4, 0.5) is 10.3 Å². The summed E-state index contributed by atoms with van der Waals surface area (Å²) in [6.07, 6.45) is -0.133. The summed E-state index contributed by atoms with van der Waals surface area (Å²) < 4.78 is 23.8. The number of nitrogens with zero attached hydrogens (tertiary/aromatic N) is 3. The van der Waals surface area contributed by atoms with Crippen molar-refractivity contribution in [1.29, 1.82) is 0 Å². The van der Waals surface area contributed by atoms with Crippen molar-refractivity contribution >= 4 is 17.5 Å². The molecule has 0 aliphatic carbocycles. The van der Waals surface area contributed by atoms with E-state index >= 15 is 0 Å². The number of nitrogen functional groups attached to an aromatic ring is 1. The van der Waals surface area contributed by atoms with Crippen LogP contribution in [0, 0.1) is 5.82 Å². The fraction of sp³-hybridized carbons (Fsp3) is 0.250. The van der Waals surface area contributed by atoms with Gasteiger partial charge in [-0.3, -0.25) is 5.43 Å². The van der Waals surface area contributed by atoms with Crippen molar-refractivity contribution in [2.24, 2.45) is 5.84 Å². The molecule has 0 amide bonds. The molecule has 0 fully saturated rings. The molecule has 21 heavy (non-hydrogen) atoms. The minimum absolute atomic E-state index is 0.0520. The summed E-state index contributed by atoms with van der Waals surface area (Å²) in [7, 11) is 0. The van der Waals surface area contributed by atoms with Crippen LogP contribution < -0.4 is 20.7 Å². The summed E-state index contributed by atoms with van der Waals surface area (Å²) in [6.45, 7) is 3.64. The molecule has 1 aromatic carbocycles. The second-order valence-electron chi connectivity index (χ2n) is 4.21. The third-order valence-electron chi connectivity index (χ3n) is 2.16. The molecule has 0 atom stereocenters. The van der Waals surface area contributed by atoms with Gasteiger partial charge < -0.3 is 9.47 Å². The Balaban J connectivity index is 2.27. The quantitative estimate of drug-likeness (QED) is 0.647. The molecular weight excluding hydrogens is 301 g/mol. The monoisotopic (exact) mass is 313 g/mol. The Labute approximate surface area is 125 Å². The Hall–Kier alpha value is -2.19. The van der Waals surface area contributed by atoms with Crippen molar-refractivity contribution in [3.63, 3.8) is 0 Å². The molecule has 2 rings (SSSR count). The van der Waals surface area contributed by atoms with Gasteiger partial charge in [0.05, 0.1) is 11.1 Å². The van der Waals surface area contributed by atoms with Crippen LogP contribution in [-0.4, -0.2) is 21.1 Å². The lowest BCUT2D eigenvalue weighted by molar-refractivity contribution is 0.218. The van der Waals surface area contributed by atoms with Crippen molar-refractivity contribution in [3.8, 4) is 17.8 Å². The van der Waals surface area contributed by atoms with Gasteiger partial charge in [0.1, 0.15) is 11.6 Å². The number of anilines is 1. The Bertz CT molecular complexity index is 641. The zero-order valence-corrected chi connectivity index (χ0v) is 12.1. The number of nitrogens with two attached hydrogens (primary N) is 1. The van der Waals surface area contributed by atoms with Gasteiger partial charge in [-0.15, -0.1) is 4.98 Å². The lowest BCUT2D eigenvalue weighted by atomic mass is 10.3. The van der Waals surface area contributed by atoms with Crippen LogP contribution in [0.1, 0.15) is 13.8 Å². The van der Waals surface area contributed by atoms with Crippen LogP contribution >= 0.6 is 11.6 Å². The maximum absolute atomic E-state index is 13.1. The number of hydrazine groups is 1. The van der Waals surface area contributed by atoms with Gasteiger partial charge in [0.2, 0.25) is 5.95 Å². The van der Waals surface area contributed by atoms with Gasteiger partial charge in [-0.05, 0) is 26.0 Å². The molecule has 0 aliphatic rings. The van der Waals surface area contributed by atoms with E-state index in [1.165, 1.54) is 18.2 Å². The standard InChI is InChI=1S/C12H13ClFN5O2/c1-6(2)20-11-16-10(19-15)17-12(18-11)21-7-3-4-9(14)8(13)5-7/h3-6H,15H2,1-2H3,(H,16,17,18,19). The summed E-state index contributed by atoms with van der Waals surface area (Å²) in [5.41, 5.74) is 2.28. The van der Waals surface area contributed by atoms with Crippen LogP contribution in [-0.2, 0) is 0 Å². The van der Waals surface area contributed by atoms with Crippen LogP contribution in [0.3, 0.4) is 0 Å². The molecule has 112 valence electrons. The van der Waals surface area contributed by atoms with Crippen LogP contribution in [0.5, 0.6) is 17.8 Å². The van der Waals surface area contributed by atoms with E-state index in [-0.39, 0.29) is 34.8 Å². The molecular formula is C12H13ClFN5O2. The SMILES string of the molecule is CC(C)Oc1nc(NN)nc(Oc2ccc(F)c(Cl)c2)n1. The average Bonchev–Trinajstić information content (AvgIpc) is 2.42. The molecule has 0 saturated heterocycles. The summed E-state index contributed by atoms with van der Waals surface area (Å²) >= 11 is 5.67. The third-order valence-corrected chi connectivity index (χ3v) is 2.45. The van der Waals surface area contributed by atoms with Crippen LogP contribution in [0.2, 0.25) is 5.02 Å². The molecule has 3 N–H and O–H groups in total. The van der Waals surface area contributed by atoms with Crippen molar-refractivity contribution < 1.29 is 13.9 Å². The molecule has 0 unspecified atom stereocenters. The first-order valence-corrected chi connectivity index (χ1v) is 6.38. The van der Waals surface area contributed by atoms with E-state index < -0.39 is 5.82 Å². The van der Waals surface area contributed by atoms with E-state index in [2.05, 4.69) is 20.4 Å². The fourth-order valence-corrected chi connectivity index (χ4v) is 1.53. The molecule has 0 aliphatic heterocycles. The first kappa shape index (κ1) is 15.2. The normalized spacial score (nSPS) is 10.6. The zero-order valence-electron chi connectivity index (χ0n) is 11.3. The number of halogens is 2. The second kappa shape index (κ2) is 6.51. The lowest BCUT2D eigenvalue weighted by Crippen LogP contribution is -2.14. The first-order valence-electron chi connectivity index (χ1n) is 6.00. The van der Waals surface area contributed by atoms with Gasteiger partial charge in [-0.25, -0.2) is 10.2 Å². The zero-order chi connectivity index (χ0) is 15.4. The number of aromatic nitrogens is 3. The molecule has 1 aromatic heterocycles. The van der Waals surface area contributed by atoms with Gasteiger partial charge in [0, 0.05) is 6.07 Å². The van der Waals surface area contributed by atoms with E-state index in [0.29, 0.717) is 0 Å².